The van der Waals surface area contributed by atoms with Gasteiger partial charge in [-0.1, -0.05) is 0 Å². The van der Waals surface area contributed by atoms with E-state index < -0.39 is 0 Å². The molecule has 0 saturated carbocycles. The second kappa shape index (κ2) is 4.45. The monoisotopic (exact) mass is 254 g/mol. The summed E-state index contributed by atoms with van der Waals surface area (Å²) in [6.07, 6.45) is 6.04. The minimum absolute atomic E-state index is 0.00787. The molecule has 94 valence electrons. The van der Waals surface area contributed by atoms with Crippen LogP contribution in [0.3, 0.4) is 0 Å². The van der Waals surface area contributed by atoms with Gasteiger partial charge in [-0.2, -0.15) is 10.2 Å². The van der Waals surface area contributed by atoms with Crippen LogP contribution in [-0.4, -0.2) is 35.3 Å². The highest BCUT2D eigenvalue weighted by Gasteiger charge is 2.11. The SMILES string of the molecule is CC(=O)c1ccc(-n2cncn2)c(-n2cncn2)c1. The van der Waals surface area contributed by atoms with E-state index in [1.165, 1.54) is 19.6 Å². The lowest BCUT2D eigenvalue weighted by molar-refractivity contribution is 0.101. The number of ketones is 1. The standard InChI is InChI=1S/C12H10N6O/c1-9(19)10-2-3-11(17-7-13-5-15-17)12(4-10)18-8-14-6-16-18/h2-8H,1H3. The van der Waals surface area contributed by atoms with Crippen LogP contribution >= 0.6 is 0 Å². The van der Waals surface area contributed by atoms with Crippen molar-refractivity contribution in [3.8, 4) is 11.4 Å². The Labute approximate surface area is 108 Å². The Balaban J connectivity index is 2.22. The van der Waals surface area contributed by atoms with Crippen LogP contribution in [0.5, 0.6) is 0 Å². The first-order valence-electron chi connectivity index (χ1n) is 5.60. The molecule has 0 atom stereocenters. The molecule has 0 aliphatic heterocycles. The molecule has 0 radical (unpaired) electrons. The summed E-state index contributed by atoms with van der Waals surface area (Å²) in [5.41, 5.74) is 2.10. The van der Waals surface area contributed by atoms with E-state index in [0.717, 1.165) is 11.4 Å². The van der Waals surface area contributed by atoms with Crippen LogP contribution in [0, 0.1) is 0 Å². The molecule has 0 unspecified atom stereocenters. The highest BCUT2D eigenvalue weighted by atomic mass is 16.1. The van der Waals surface area contributed by atoms with Crippen molar-refractivity contribution in [2.45, 2.75) is 6.92 Å². The smallest absolute Gasteiger partial charge is 0.159 e. The predicted octanol–water partition coefficient (Wildman–Crippen LogP) is 1.05. The van der Waals surface area contributed by atoms with Gasteiger partial charge in [0.15, 0.2) is 5.78 Å². The molecular formula is C12H10N6O. The first kappa shape index (κ1) is 11.3. The highest BCUT2D eigenvalue weighted by Crippen LogP contribution is 2.19. The van der Waals surface area contributed by atoms with Gasteiger partial charge < -0.3 is 0 Å². The molecule has 0 saturated heterocycles. The third-order valence-electron chi connectivity index (χ3n) is 2.71. The third kappa shape index (κ3) is 2.01. The Bertz CT molecular complexity index is 702. The van der Waals surface area contributed by atoms with Gasteiger partial charge in [0.1, 0.15) is 25.3 Å². The largest absolute Gasteiger partial charge is 0.295 e. The molecule has 3 rings (SSSR count). The van der Waals surface area contributed by atoms with Crippen molar-refractivity contribution in [3.05, 3.63) is 49.1 Å². The van der Waals surface area contributed by atoms with E-state index in [9.17, 15) is 4.79 Å². The lowest BCUT2D eigenvalue weighted by Gasteiger charge is -2.10. The van der Waals surface area contributed by atoms with E-state index in [4.69, 9.17) is 0 Å². The van der Waals surface area contributed by atoms with E-state index in [0.29, 0.717) is 5.56 Å². The van der Waals surface area contributed by atoms with E-state index in [1.54, 1.807) is 34.2 Å². The number of benzene rings is 1. The van der Waals surface area contributed by atoms with Crippen LogP contribution in [0.2, 0.25) is 0 Å². The van der Waals surface area contributed by atoms with Crippen LogP contribution in [0.15, 0.2) is 43.5 Å². The molecule has 0 aliphatic rings. The maximum Gasteiger partial charge on any atom is 0.159 e. The predicted molar refractivity (Wildman–Crippen MR) is 66.3 cm³/mol. The van der Waals surface area contributed by atoms with Crippen molar-refractivity contribution in [3.63, 3.8) is 0 Å². The maximum absolute atomic E-state index is 11.5. The summed E-state index contributed by atoms with van der Waals surface area (Å²) in [6, 6.07) is 5.32. The first-order chi connectivity index (χ1) is 9.25. The first-order valence-corrected chi connectivity index (χ1v) is 5.60. The lowest BCUT2D eigenvalue weighted by atomic mass is 10.1. The minimum Gasteiger partial charge on any atom is -0.295 e. The Hall–Kier alpha value is -2.83. The quantitative estimate of drug-likeness (QED) is 0.653. The molecule has 1 aromatic carbocycles. The zero-order valence-corrected chi connectivity index (χ0v) is 10.1. The fraction of sp³-hybridized carbons (Fsp3) is 0.0833. The molecule has 0 N–H and O–H groups in total. The summed E-state index contributed by atoms with van der Waals surface area (Å²) >= 11 is 0. The second-order valence-electron chi connectivity index (χ2n) is 3.94. The topological polar surface area (TPSA) is 78.5 Å². The highest BCUT2D eigenvalue weighted by molar-refractivity contribution is 5.95. The van der Waals surface area contributed by atoms with Crippen molar-refractivity contribution in [2.24, 2.45) is 0 Å². The van der Waals surface area contributed by atoms with Gasteiger partial charge in [-0.05, 0) is 25.1 Å². The van der Waals surface area contributed by atoms with Gasteiger partial charge in [0.2, 0.25) is 0 Å². The summed E-state index contributed by atoms with van der Waals surface area (Å²) in [6.45, 7) is 1.52. The average molecular weight is 254 g/mol. The molecule has 7 heteroatoms. The van der Waals surface area contributed by atoms with Crippen LogP contribution in [-0.2, 0) is 0 Å². The Morgan fingerprint density at radius 2 is 1.63 bits per heavy atom. The third-order valence-corrected chi connectivity index (χ3v) is 2.71. The Kier molecular flexibility index (Phi) is 2.64. The maximum atomic E-state index is 11.5. The van der Waals surface area contributed by atoms with Crippen molar-refractivity contribution >= 4 is 5.78 Å². The number of nitrogens with zero attached hydrogens (tertiary/aromatic N) is 6. The number of hydrogen-bond donors (Lipinski definition) is 0. The number of rotatable bonds is 3. The molecule has 7 nitrogen and oxygen atoms in total. The molecule has 2 heterocycles. The molecule has 2 aromatic heterocycles. The molecule has 0 spiro atoms. The van der Waals surface area contributed by atoms with Gasteiger partial charge in [-0.15, -0.1) is 0 Å². The Morgan fingerprint density at radius 1 is 1.00 bits per heavy atom. The normalized spacial score (nSPS) is 10.6. The zero-order valence-electron chi connectivity index (χ0n) is 10.1. The van der Waals surface area contributed by atoms with Crippen molar-refractivity contribution < 1.29 is 4.79 Å². The van der Waals surface area contributed by atoms with Crippen LogP contribution in [0.25, 0.3) is 11.4 Å². The van der Waals surface area contributed by atoms with Gasteiger partial charge in [0, 0.05) is 5.56 Å². The number of carbonyl (C=O) groups is 1. The van der Waals surface area contributed by atoms with E-state index in [1.807, 2.05) is 6.07 Å². The molecule has 19 heavy (non-hydrogen) atoms. The summed E-state index contributed by atoms with van der Waals surface area (Å²) in [5.74, 6) is -0.00787. The van der Waals surface area contributed by atoms with E-state index >= 15 is 0 Å². The molecule has 0 fully saturated rings. The van der Waals surface area contributed by atoms with Crippen LogP contribution in [0.1, 0.15) is 17.3 Å². The number of hydrogen-bond acceptors (Lipinski definition) is 5. The Morgan fingerprint density at radius 3 is 2.16 bits per heavy atom. The molecule has 0 aliphatic carbocycles. The molecule has 0 amide bonds. The summed E-state index contributed by atoms with van der Waals surface area (Å²) < 4.78 is 3.20. The van der Waals surface area contributed by atoms with Crippen LogP contribution < -0.4 is 0 Å². The van der Waals surface area contributed by atoms with Crippen molar-refractivity contribution in [1.82, 2.24) is 29.5 Å². The molecule has 3 aromatic rings. The van der Waals surface area contributed by atoms with E-state index in [-0.39, 0.29) is 5.78 Å². The van der Waals surface area contributed by atoms with Gasteiger partial charge in [0.25, 0.3) is 0 Å². The summed E-state index contributed by atoms with van der Waals surface area (Å²) in [4.78, 5) is 19.3. The number of carbonyl (C=O) groups excluding carboxylic acids is 1. The summed E-state index contributed by atoms with van der Waals surface area (Å²) in [5, 5.41) is 8.18. The fourth-order valence-corrected chi connectivity index (χ4v) is 1.78. The van der Waals surface area contributed by atoms with Gasteiger partial charge in [0.05, 0.1) is 11.4 Å². The average Bonchev–Trinajstić information content (AvgIpc) is 3.11. The van der Waals surface area contributed by atoms with Gasteiger partial charge >= 0.3 is 0 Å². The number of aromatic nitrogens is 6. The van der Waals surface area contributed by atoms with Gasteiger partial charge in [-0.25, -0.2) is 19.3 Å². The summed E-state index contributed by atoms with van der Waals surface area (Å²) in [7, 11) is 0. The van der Waals surface area contributed by atoms with Crippen molar-refractivity contribution in [2.75, 3.05) is 0 Å². The zero-order chi connectivity index (χ0) is 13.2. The molecule has 0 bridgehead atoms. The van der Waals surface area contributed by atoms with Gasteiger partial charge in [-0.3, -0.25) is 4.79 Å². The van der Waals surface area contributed by atoms with Crippen LogP contribution in [0.4, 0.5) is 0 Å². The van der Waals surface area contributed by atoms with Crippen molar-refractivity contribution in [1.29, 1.82) is 0 Å². The number of Topliss-reactive ketones (excluding diaryl/α,β-unsaturated/α-hetero) is 1. The molecular weight excluding hydrogens is 244 g/mol. The van der Waals surface area contributed by atoms with E-state index in [2.05, 4.69) is 20.2 Å². The minimum atomic E-state index is -0.00787. The second-order valence-corrected chi connectivity index (χ2v) is 3.94. The lowest BCUT2D eigenvalue weighted by Crippen LogP contribution is -2.06. The fourth-order valence-electron chi connectivity index (χ4n) is 1.78.